The first-order chi connectivity index (χ1) is 9.58. The molecule has 1 saturated heterocycles. The highest BCUT2D eigenvalue weighted by Gasteiger charge is 2.20. The Morgan fingerprint density at radius 3 is 2.80 bits per heavy atom. The van der Waals surface area contributed by atoms with Crippen LogP contribution in [0.2, 0.25) is 0 Å². The van der Waals surface area contributed by atoms with E-state index < -0.39 is 0 Å². The molecule has 1 aliphatic rings. The Kier molecular flexibility index (Phi) is 5.57. The van der Waals surface area contributed by atoms with Gasteiger partial charge in [-0.1, -0.05) is 28.1 Å². The Hall–Kier alpha value is -0.910. The van der Waals surface area contributed by atoms with Crippen molar-refractivity contribution in [3.05, 3.63) is 34.3 Å². The number of nitrogens with zero attached hydrogens (tertiary/aromatic N) is 2. The maximum Gasteiger partial charge on any atom is 0.236 e. The minimum Gasteiger partial charge on any atom is -0.339 e. The molecule has 1 unspecified atom stereocenters. The molecule has 1 aromatic carbocycles. The summed E-state index contributed by atoms with van der Waals surface area (Å²) in [5.74, 6) is 0.218. The van der Waals surface area contributed by atoms with Crippen molar-refractivity contribution >= 4 is 21.8 Å². The van der Waals surface area contributed by atoms with E-state index in [4.69, 9.17) is 0 Å². The zero-order valence-corrected chi connectivity index (χ0v) is 13.7. The van der Waals surface area contributed by atoms with Crippen LogP contribution in [0.3, 0.4) is 0 Å². The third-order valence-electron chi connectivity index (χ3n) is 3.85. The van der Waals surface area contributed by atoms with Gasteiger partial charge in [0.05, 0.1) is 6.54 Å². The molecule has 1 N–H and O–H groups in total. The zero-order valence-electron chi connectivity index (χ0n) is 12.1. The molecule has 0 spiro atoms. The average Bonchev–Trinajstić information content (AvgIpc) is 2.47. The van der Waals surface area contributed by atoms with Crippen molar-refractivity contribution in [2.24, 2.45) is 0 Å². The first kappa shape index (κ1) is 15.5. The van der Waals surface area contributed by atoms with Crippen molar-refractivity contribution in [2.75, 3.05) is 39.8 Å². The topological polar surface area (TPSA) is 35.6 Å². The van der Waals surface area contributed by atoms with Gasteiger partial charge in [-0.3, -0.25) is 9.69 Å². The first-order valence-corrected chi connectivity index (χ1v) is 7.81. The maximum absolute atomic E-state index is 12.3. The van der Waals surface area contributed by atoms with Crippen LogP contribution in [0.1, 0.15) is 18.5 Å². The average molecular weight is 340 g/mol. The second-order valence-corrected chi connectivity index (χ2v) is 6.19. The summed E-state index contributed by atoms with van der Waals surface area (Å²) in [6, 6.07) is 8.47. The molecule has 0 aromatic heterocycles. The second kappa shape index (κ2) is 7.20. The molecule has 20 heavy (non-hydrogen) atoms. The highest BCUT2D eigenvalue weighted by atomic mass is 79.9. The molecule has 110 valence electrons. The van der Waals surface area contributed by atoms with Gasteiger partial charge in [0.15, 0.2) is 0 Å². The fourth-order valence-electron chi connectivity index (χ4n) is 2.39. The smallest absolute Gasteiger partial charge is 0.236 e. The summed E-state index contributed by atoms with van der Waals surface area (Å²) < 4.78 is 1.07. The van der Waals surface area contributed by atoms with Crippen molar-refractivity contribution in [1.82, 2.24) is 15.1 Å². The standard InChI is InChI=1S/C15H22BrN3O/c1-12(13-4-3-5-14(16)10-13)18(2)11-15(20)19-8-6-17-7-9-19/h3-5,10,12,17H,6-9,11H2,1-2H3. The third-order valence-corrected chi connectivity index (χ3v) is 4.34. The van der Waals surface area contributed by atoms with Gasteiger partial charge in [-0.05, 0) is 31.7 Å². The molecule has 5 heteroatoms. The van der Waals surface area contributed by atoms with Gasteiger partial charge in [0.1, 0.15) is 0 Å². The van der Waals surface area contributed by atoms with E-state index >= 15 is 0 Å². The van der Waals surface area contributed by atoms with Gasteiger partial charge in [-0.2, -0.15) is 0 Å². The van der Waals surface area contributed by atoms with Crippen LogP contribution < -0.4 is 5.32 Å². The minimum atomic E-state index is 0.218. The number of carbonyl (C=O) groups is 1. The van der Waals surface area contributed by atoms with Crippen molar-refractivity contribution in [3.63, 3.8) is 0 Å². The van der Waals surface area contributed by atoms with Crippen LogP contribution in [0, 0.1) is 0 Å². The number of nitrogens with one attached hydrogen (secondary N) is 1. The van der Waals surface area contributed by atoms with Gasteiger partial charge in [-0.15, -0.1) is 0 Å². The summed E-state index contributed by atoms with van der Waals surface area (Å²) in [7, 11) is 2.01. The summed E-state index contributed by atoms with van der Waals surface area (Å²) in [6.07, 6.45) is 0. The molecule has 1 heterocycles. The molecule has 0 saturated carbocycles. The predicted molar refractivity (Wildman–Crippen MR) is 84.6 cm³/mol. The first-order valence-electron chi connectivity index (χ1n) is 7.02. The van der Waals surface area contributed by atoms with Gasteiger partial charge in [-0.25, -0.2) is 0 Å². The highest BCUT2D eigenvalue weighted by molar-refractivity contribution is 9.10. The van der Waals surface area contributed by atoms with E-state index in [2.05, 4.69) is 45.2 Å². The number of rotatable bonds is 4. The van der Waals surface area contributed by atoms with Crippen molar-refractivity contribution in [2.45, 2.75) is 13.0 Å². The summed E-state index contributed by atoms with van der Waals surface area (Å²) >= 11 is 3.49. The fourth-order valence-corrected chi connectivity index (χ4v) is 2.80. The Morgan fingerprint density at radius 2 is 2.15 bits per heavy atom. The largest absolute Gasteiger partial charge is 0.339 e. The zero-order chi connectivity index (χ0) is 14.5. The van der Waals surface area contributed by atoms with Crippen LogP contribution in [0.15, 0.2) is 28.7 Å². The van der Waals surface area contributed by atoms with E-state index in [9.17, 15) is 4.79 Å². The van der Waals surface area contributed by atoms with Crippen LogP contribution in [-0.4, -0.2) is 55.5 Å². The van der Waals surface area contributed by atoms with Crippen molar-refractivity contribution < 1.29 is 4.79 Å². The molecular formula is C15H22BrN3O. The molecule has 0 aliphatic carbocycles. The van der Waals surface area contributed by atoms with Gasteiger partial charge < -0.3 is 10.2 Å². The highest BCUT2D eigenvalue weighted by Crippen LogP contribution is 2.22. The second-order valence-electron chi connectivity index (χ2n) is 5.28. The quantitative estimate of drug-likeness (QED) is 0.909. The van der Waals surface area contributed by atoms with Crippen LogP contribution in [0.25, 0.3) is 0 Å². The van der Waals surface area contributed by atoms with E-state index in [1.807, 2.05) is 24.1 Å². The lowest BCUT2D eigenvalue weighted by atomic mass is 10.1. The molecule has 1 aromatic rings. The number of benzene rings is 1. The molecule has 1 fully saturated rings. The van der Waals surface area contributed by atoms with E-state index in [1.165, 1.54) is 5.56 Å². The van der Waals surface area contributed by atoms with Crippen LogP contribution in [-0.2, 0) is 4.79 Å². The van der Waals surface area contributed by atoms with Crippen molar-refractivity contribution in [1.29, 1.82) is 0 Å². The molecular weight excluding hydrogens is 318 g/mol. The molecule has 1 atom stereocenters. The lowest BCUT2D eigenvalue weighted by Crippen LogP contribution is -2.49. The van der Waals surface area contributed by atoms with Gasteiger partial charge >= 0.3 is 0 Å². The van der Waals surface area contributed by atoms with E-state index in [0.29, 0.717) is 6.54 Å². The fraction of sp³-hybridized carbons (Fsp3) is 0.533. The SMILES string of the molecule is CC(c1cccc(Br)c1)N(C)CC(=O)N1CCNCC1. The number of carbonyl (C=O) groups excluding carboxylic acids is 1. The number of piperazine rings is 1. The molecule has 0 bridgehead atoms. The van der Waals surface area contributed by atoms with Crippen LogP contribution in [0.5, 0.6) is 0 Å². The third kappa shape index (κ3) is 4.04. The number of halogens is 1. The van der Waals surface area contributed by atoms with Gasteiger partial charge in [0.25, 0.3) is 0 Å². The lowest BCUT2D eigenvalue weighted by Gasteiger charge is -2.31. The molecule has 2 rings (SSSR count). The number of hydrogen-bond acceptors (Lipinski definition) is 3. The lowest BCUT2D eigenvalue weighted by molar-refractivity contribution is -0.133. The van der Waals surface area contributed by atoms with Crippen LogP contribution >= 0.6 is 15.9 Å². The molecule has 0 radical (unpaired) electrons. The van der Waals surface area contributed by atoms with Gasteiger partial charge in [0, 0.05) is 36.7 Å². The summed E-state index contributed by atoms with van der Waals surface area (Å²) in [5.41, 5.74) is 1.22. The van der Waals surface area contributed by atoms with E-state index in [0.717, 1.165) is 30.7 Å². The normalized spacial score (nSPS) is 17.3. The number of amides is 1. The summed E-state index contributed by atoms with van der Waals surface area (Å²) in [4.78, 5) is 16.3. The molecule has 4 nitrogen and oxygen atoms in total. The Balaban J connectivity index is 1.93. The molecule has 1 aliphatic heterocycles. The Labute approximate surface area is 129 Å². The summed E-state index contributed by atoms with van der Waals surface area (Å²) in [5, 5.41) is 3.27. The number of likely N-dealkylation sites (N-methyl/N-ethyl adjacent to an activating group) is 1. The van der Waals surface area contributed by atoms with Gasteiger partial charge in [0.2, 0.25) is 5.91 Å². The maximum atomic E-state index is 12.3. The van der Waals surface area contributed by atoms with E-state index in [1.54, 1.807) is 0 Å². The Bertz CT molecular complexity index is 460. The predicted octanol–water partition coefficient (Wildman–Crippen LogP) is 1.87. The Morgan fingerprint density at radius 1 is 1.45 bits per heavy atom. The van der Waals surface area contributed by atoms with Crippen LogP contribution in [0.4, 0.5) is 0 Å². The number of hydrogen-bond donors (Lipinski definition) is 1. The van der Waals surface area contributed by atoms with E-state index in [-0.39, 0.29) is 11.9 Å². The monoisotopic (exact) mass is 339 g/mol. The molecule has 1 amide bonds. The minimum absolute atomic E-state index is 0.218. The summed E-state index contributed by atoms with van der Waals surface area (Å²) in [6.45, 7) is 6.03. The van der Waals surface area contributed by atoms with Crippen molar-refractivity contribution in [3.8, 4) is 0 Å².